The van der Waals surface area contributed by atoms with Gasteiger partial charge in [0.1, 0.15) is 5.76 Å². The molecule has 0 unspecified atom stereocenters. The molecule has 26 heavy (non-hydrogen) atoms. The summed E-state index contributed by atoms with van der Waals surface area (Å²) in [5, 5.41) is 6.60. The monoisotopic (exact) mass is 469 g/mol. The maximum absolute atomic E-state index is 5.58. The van der Waals surface area contributed by atoms with Crippen molar-refractivity contribution in [2.24, 2.45) is 4.99 Å². The van der Waals surface area contributed by atoms with Crippen LogP contribution in [0.25, 0.3) is 0 Å². The van der Waals surface area contributed by atoms with Gasteiger partial charge in [0.2, 0.25) is 5.89 Å². The van der Waals surface area contributed by atoms with Crippen molar-refractivity contribution in [1.82, 2.24) is 20.5 Å². The fourth-order valence-corrected chi connectivity index (χ4v) is 3.07. The molecule has 0 fully saturated rings. The molecule has 1 aromatic carbocycles. The fourth-order valence-electron chi connectivity index (χ4n) is 3.07. The average molecular weight is 469 g/mol. The molecule has 2 heterocycles. The third-order valence-corrected chi connectivity index (χ3v) is 4.63. The number of nitrogens with zero attached hydrogens (tertiary/aromatic N) is 3. The SMILES string of the molecule is CN=C(NCCN1CCc2ccccc2C1)NCc1nc(C)c(C)o1.I. The van der Waals surface area contributed by atoms with Gasteiger partial charge in [0, 0.05) is 33.2 Å². The minimum atomic E-state index is 0. The Morgan fingerprint density at radius 1 is 1.23 bits per heavy atom. The molecule has 142 valence electrons. The lowest BCUT2D eigenvalue weighted by Gasteiger charge is -2.28. The first-order chi connectivity index (χ1) is 12.2. The van der Waals surface area contributed by atoms with Crippen molar-refractivity contribution in [2.45, 2.75) is 33.4 Å². The van der Waals surface area contributed by atoms with E-state index in [0.29, 0.717) is 12.4 Å². The Balaban J connectivity index is 0.00000243. The van der Waals surface area contributed by atoms with Crippen LogP contribution in [0.2, 0.25) is 0 Å². The van der Waals surface area contributed by atoms with E-state index in [4.69, 9.17) is 4.42 Å². The van der Waals surface area contributed by atoms with Crippen LogP contribution < -0.4 is 10.6 Å². The summed E-state index contributed by atoms with van der Waals surface area (Å²) >= 11 is 0. The van der Waals surface area contributed by atoms with Crippen LogP contribution in [0.3, 0.4) is 0 Å². The largest absolute Gasteiger partial charge is 0.444 e. The molecule has 0 saturated heterocycles. The standard InChI is InChI=1S/C19H27N5O.HI/c1-14-15(2)25-18(23-14)12-22-19(20-3)21-9-11-24-10-8-16-6-4-5-7-17(16)13-24;/h4-7H,8-13H2,1-3H3,(H2,20,21,22);1H. The Kier molecular flexibility index (Phi) is 7.89. The van der Waals surface area contributed by atoms with E-state index in [2.05, 4.69) is 49.8 Å². The van der Waals surface area contributed by atoms with Crippen molar-refractivity contribution >= 4 is 29.9 Å². The van der Waals surface area contributed by atoms with E-state index in [1.54, 1.807) is 7.05 Å². The van der Waals surface area contributed by atoms with Crippen LogP contribution in [-0.4, -0.2) is 42.5 Å². The van der Waals surface area contributed by atoms with E-state index in [9.17, 15) is 0 Å². The summed E-state index contributed by atoms with van der Waals surface area (Å²) in [6.07, 6.45) is 1.13. The molecule has 1 aliphatic heterocycles. The predicted molar refractivity (Wildman–Crippen MR) is 115 cm³/mol. The molecule has 0 aliphatic carbocycles. The molecule has 0 radical (unpaired) electrons. The quantitative estimate of drug-likeness (QED) is 0.401. The van der Waals surface area contributed by atoms with Crippen LogP contribution in [-0.2, 0) is 19.5 Å². The second kappa shape index (κ2) is 9.91. The number of aliphatic imine (C=N–C) groups is 1. The highest BCUT2D eigenvalue weighted by Gasteiger charge is 2.15. The van der Waals surface area contributed by atoms with Crippen LogP contribution in [0.4, 0.5) is 0 Å². The maximum Gasteiger partial charge on any atom is 0.214 e. The zero-order valence-electron chi connectivity index (χ0n) is 15.7. The highest BCUT2D eigenvalue weighted by Crippen LogP contribution is 2.17. The van der Waals surface area contributed by atoms with Crippen LogP contribution >= 0.6 is 24.0 Å². The van der Waals surface area contributed by atoms with Crippen molar-refractivity contribution in [1.29, 1.82) is 0 Å². The van der Waals surface area contributed by atoms with Crippen molar-refractivity contribution in [3.63, 3.8) is 0 Å². The van der Waals surface area contributed by atoms with Gasteiger partial charge in [-0.1, -0.05) is 24.3 Å². The number of hydrogen-bond acceptors (Lipinski definition) is 4. The summed E-state index contributed by atoms with van der Waals surface area (Å²) in [6, 6.07) is 8.72. The van der Waals surface area contributed by atoms with Gasteiger partial charge in [-0.25, -0.2) is 4.98 Å². The van der Waals surface area contributed by atoms with E-state index < -0.39 is 0 Å². The van der Waals surface area contributed by atoms with Gasteiger partial charge >= 0.3 is 0 Å². The van der Waals surface area contributed by atoms with Crippen molar-refractivity contribution in [3.05, 3.63) is 52.7 Å². The Morgan fingerprint density at radius 3 is 2.69 bits per heavy atom. The summed E-state index contributed by atoms with van der Waals surface area (Å²) < 4.78 is 5.58. The van der Waals surface area contributed by atoms with Gasteiger partial charge in [0.15, 0.2) is 5.96 Å². The number of hydrogen-bond donors (Lipinski definition) is 2. The number of oxazole rings is 1. The van der Waals surface area contributed by atoms with E-state index >= 15 is 0 Å². The number of benzene rings is 1. The van der Waals surface area contributed by atoms with Crippen molar-refractivity contribution < 1.29 is 4.42 Å². The minimum Gasteiger partial charge on any atom is -0.444 e. The van der Waals surface area contributed by atoms with Crippen LogP contribution in [0.15, 0.2) is 33.7 Å². The molecule has 1 aromatic heterocycles. The smallest absolute Gasteiger partial charge is 0.214 e. The second-order valence-electron chi connectivity index (χ2n) is 6.40. The summed E-state index contributed by atoms with van der Waals surface area (Å²) in [6.45, 7) is 8.39. The van der Waals surface area contributed by atoms with Crippen LogP contribution in [0.5, 0.6) is 0 Å². The van der Waals surface area contributed by atoms with Gasteiger partial charge in [-0.05, 0) is 31.4 Å². The van der Waals surface area contributed by atoms with E-state index in [1.807, 2.05) is 13.8 Å². The Bertz CT molecular complexity index is 724. The molecule has 0 atom stereocenters. The van der Waals surface area contributed by atoms with Gasteiger partial charge in [-0.15, -0.1) is 24.0 Å². The second-order valence-corrected chi connectivity index (χ2v) is 6.40. The number of rotatable bonds is 5. The lowest BCUT2D eigenvalue weighted by atomic mass is 10.00. The third kappa shape index (κ3) is 5.44. The molecule has 2 aromatic rings. The maximum atomic E-state index is 5.58. The highest BCUT2D eigenvalue weighted by atomic mass is 127. The molecule has 3 rings (SSSR count). The summed E-state index contributed by atoms with van der Waals surface area (Å²) in [4.78, 5) is 11.1. The van der Waals surface area contributed by atoms with E-state index in [1.165, 1.54) is 11.1 Å². The zero-order valence-corrected chi connectivity index (χ0v) is 18.0. The van der Waals surface area contributed by atoms with Crippen LogP contribution in [0, 0.1) is 13.8 Å². The first-order valence-electron chi connectivity index (χ1n) is 8.82. The molecule has 0 saturated carbocycles. The highest BCUT2D eigenvalue weighted by molar-refractivity contribution is 14.0. The Morgan fingerprint density at radius 2 is 2.00 bits per heavy atom. The predicted octanol–water partition coefficient (Wildman–Crippen LogP) is 2.63. The lowest BCUT2D eigenvalue weighted by molar-refractivity contribution is 0.258. The number of guanidine groups is 1. The fraction of sp³-hybridized carbons (Fsp3) is 0.474. The van der Waals surface area contributed by atoms with Gasteiger partial charge in [0.25, 0.3) is 0 Å². The van der Waals surface area contributed by atoms with Gasteiger partial charge in [-0.2, -0.15) is 0 Å². The third-order valence-electron chi connectivity index (χ3n) is 4.63. The number of fused-ring (bicyclic) bond motifs is 1. The molecule has 2 N–H and O–H groups in total. The van der Waals surface area contributed by atoms with Crippen LogP contribution in [0.1, 0.15) is 28.5 Å². The normalized spacial score (nSPS) is 14.5. The number of halogens is 1. The zero-order chi connectivity index (χ0) is 17.6. The van der Waals surface area contributed by atoms with Crippen molar-refractivity contribution in [3.8, 4) is 0 Å². The molecular weight excluding hydrogens is 441 g/mol. The summed E-state index contributed by atoms with van der Waals surface area (Å²) in [5.74, 6) is 2.32. The average Bonchev–Trinajstić information content (AvgIpc) is 2.95. The lowest BCUT2D eigenvalue weighted by Crippen LogP contribution is -2.42. The number of nitrogens with one attached hydrogen (secondary N) is 2. The number of aromatic nitrogens is 1. The molecule has 1 aliphatic rings. The first kappa shape index (κ1) is 20.7. The molecule has 7 heteroatoms. The molecule has 0 spiro atoms. The molecule has 6 nitrogen and oxygen atoms in total. The van der Waals surface area contributed by atoms with E-state index in [0.717, 1.165) is 50.0 Å². The minimum absolute atomic E-state index is 0. The topological polar surface area (TPSA) is 65.7 Å². The molecule has 0 amide bonds. The number of aryl methyl sites for hydroxylation is 2. The van der Waals surface area contributed by atoms with Crippen molar-refractivity contribution in [2.75, 3.05) is 26.7 Å². The van der Waals surface area contributed by atoms with Gasteiger partial charge < -0.3 is 15.1 Å². The Hall–Kier alpha value is -1.61. The first-order valence-corrected chi connectivity index (χ1v) is 8.82. The van der Waals surface area contributed by atoms with Gasteiger partial charge in [0.05, 0.1) is 12.2 Å². The van der Waals surface area contributed by atoms with Gasteiger partial charge in [-0.3, -0.25) is 9.89 Å². The molecular formula is C19H28IN5O. The molecule has 0 bridgehead atoms. The summed E-state index contributed by atoms with van der Waals surface area (Å²) in [7, 11) is 1.78. The van der Waals surface area contributed by atoms with E-state index in [-0.39, 0.29) is 24.0 Å². The Labute approximate surface area is 172 Å². The summed E-state index contributed by atoms with van der Waals surface area (Å²) in [5.41, 5.74) is 3.87.